The molecule has 1 nitrogen and oxygen atoms in total. The number of fused-ring (bicyclic) bond motifs is 3. The molecule has 0 saturated heterocycles. The van der Waals surface area contributed by atoms with Crippen molar-refractivity contribution in [3.8, 4) is 0 Å². The van der Waals surface area contributed by atoms with E-state index >= 15 is 0 Å². The van der Waals surface area contributed by atoms with Gasteiger partial charge in [0.2, 0.25) is 0 Å². The summed E-state index contributed by atoms with van der Waals surface area (Å²) >= 11 is 0. The van der Waals surface area contributed by atoms with E-state index in [-0.39, 0.29) is 5.41 Å². The Morgan fingerprint density at radius 3 is 2.52 bits per heavy atom. The Morgan fingerprint density at radius 2 is 1.76 bits per heavy atom. The highest BCUT2D eigenvalue weighted by atomic mass is 16.1. The summed E-state index contributed by atoms with van der Waals surface area (Å²) in [5.41, 5.74) is 1.84. The monoisotopic (exact) mass is 286 g/mol. The molecule has 0 aromatic heterocycles. The maximum Gasteiger partial charge on any atom is 0.165 e. The van der Waals surface area contributed by atoms with Gasteiger partial charge in [0.25, 0.3) is 0 Å². The first-order valence-corrected chi connectivity index (χ1v) is 9.05. The third kappa shape index (κ3) is 1.56. The van der Waals surface area contributed by atoms with Gasteiger partial charge in [-0.1, -0.05) is 33.8 Å². The lowest BCUT2D eigenvalue weighted by molar-refractivity contribution is -0.160. The molecule has 0 aromatic rings. The Hall–Kier alpha value is -0.590. The van der Waals surface area contributed by atoms with Crippen molar-refractivity contribution in [2.45, 2.75) is 72.1 Å². The van der Waals surface area contributed by atoms with Crippen molar-refractivity contribution >= 4 is 5.78 Å². The molecule has 1 spiro atoms. The van der Waals surface area contributed by atoms with E-state index in [0.717, 1.165) is 24.3 Å². The van der Waals surface area contributed by atoms with Crippen molar-refractivity contribution in [2.75, 3.05) is 0 Å². The Bertz CT molecular complexity index is 516. The summed E-state index contributed by atoms with van der Waals surface area (Å²) in [5, 5.41) is 0. The number of ketones is 1. The molecule has 0 amide bonds. The zero-order chi connectivity index (χ0) is 15.0. The van der Waals surface area contributed by atoms with Gasteiger partial charge in [-0.15, -0.1) is 0 Å². The van der Waals surface area contributed by atoms with E-state index in [1.807, 2.05) is 0 Å². The predicted octanol–water partition coefficient (Wildman–Crippen LogP) is 5.15. The first-order chi connectivity index (χ1) is 9.81. The summed E-state index contributed by atoms with van der Waals surface area (Å²) in [4.78, 5) is 13.0. The molecule has 4 aliphatic rings. The normalized spacial score (nSPS) is 51.5. The van der Waals surface area contributed by atoms with Crippen LogP contribution in [0.2, 0.25) is 0 Å². The molecule has 1 heteroatoms. The van der Waals surface area contributed by atoms with Crippen molar-refractivity contribution in [3.63, 3.8) is 0 Å². The Labute approximate surface area is 129 Å². The topological polar surface area (TPSA) is 17.1 Å². The zero-order valence-corrected chi connectivity index (χ0v) is 14.0. The van der Waals surface area contributed by atoms with Crippen LogP contribution < -0.4 is 0 Å². The molecule has 2 bridgehead atoms. The fraction of sp³-hybridized carbons (Fsp3) is 0.850. The highest BCUT2D eigenvalue weighted by Gasteiger charge is 2.66. The van der Waals surface area contributed by atoms with Gasteiger partial charge in [-0.05, 0) is 79.1 Å². The molecule has 4 rings (SSSR count). The number of rotatable bonds is 0. The number of allylic oxidation sites excluding steroid dienone is 1. The van der Waals surface area contributed by atoms with Crippen LogP contribution in [-0.4, -0.2) is 5.78 Å². The Balaban J connectivity index is 1.79. The molecule has 4 saturated carbocycles. The number of Topliss-reactive ketones (excluding diaryl/α,β-unsaturated/α-hetero) is 1. The highest BCUT2D eigenvalue weighted by Crippen LogP contribution is 2.70. The maximum atomic E-state index is 13.0. The molecule has 5 atom stereocenters. The largest absolute Gasteiger partial charge is 0.294 e. The van der Waals surface area contributed by atoms with Crippen molar-refractivity contribution < 1.29 is 4.79 Å². The van der Waals surface area contributed by atoms with Crippen LogP contribution in [0.3, 0.4) is 0 Å². The van der Waals surface area contributed by atoms with Gasteiger partial charge in [0.05, 0.1) is 0 Å². The Kier molecular flexibility index (Phi) is 2.69. The third-order valence-electron chi connectivity index (χ3n) is 8.27. The van der Waals surface area contributed by atoms with Gasteiger partial charge in [0.15, 0.2) is 5.78 Å². The number of hydrogen-bond donors (Lipinski definition) is 0. The van der Waals surface area contributed by atoms with Gasteiger partial charge in [-0.3, -0.25) is 4.79 Å². The average Bonchev–Trinajstić information content (AvgIpc) is 2.59. The fourth-order valence-corrected chi connectivity index (χ4v) is 7.44. The van der Waals surface area contributed by atoms with Crippen LogP contribution in [0.4, 0.5) is 0 Å². The first kappa shape index (κ1) is 14.0. The average molecular weight is 286 g/mol. The second-order valence-corrected chi connectivity index (χ2v) is 9.48. The minimum Gasteiger partial charge on any atom is -0.294 e. The highest BCUT2D eigenvalue weighted by molar-refractivity contribution is 6.03. The second kappa shape index (κ2) is 4.03. The van der Waals surface area contributed by atoms with Crippen LogP contribution in [0.25, 0.3) is 0 Å². The van der Waals surface area contributed by atoms with Gasteiger partial charge in [0, 0.05) is 5.41 Å². The molecule has 0 unspecified atom stereocenters. The van der Waals surface area contributed by atoms with Crippen molar-refractivity contribution in [1.82, 2.24) is 0 Å². The molecule has 4 aliphatic carbocycles. The summed E-state index contributed by atoms with van der Waals surface area (Å²) in [5.74, 6) is 2.43. The van der Waals surface area contributed by atoms with Gasteiger partial charge in [0.1, 0.15) is 0 Å². The van der Waals surface area contributed by atoms with E-state index in [1.54, 1.807) is 0 Å². The maximum absolute atomic E-state index is 13.0. The van der Waals surface area contributed by atoms with Crippen LogP contribution in [0, 0.1) is 34.0 Å². The lowest BCUT2D eigenvalue weighted by Gasteiger charge is -2.63. The molecule has 21 heavy (non-hydrogen) atoms. The van der Waals surface area contributed by atoms with Crippen molar-refractivity contribution in [1.29, 1.82) is 0 Å². The summed E-state index contributed by atoms with van der Waals surface area (Å²) in [6.07, 6.45) is 10.1. The standard InChI is InChI=1S/C20H30O/c1-13-14-6-7-16-19(4)10-5-9-18(2,3)15(19)8-11-20(16,12-14)17(13)21/h14-16H,1,5-12H2,2-4H3/t14-,15-,16+,19-,20-/m0/s1. The van der Waals surface area contributed by atoms with Crippen LogP contribution >= 0.6 is 0 Å². The minimum atomic E-state index is -0.00132. The van der Waals surface area contributed by atoms with E-state index in [9.17, 15) is 4.79 Å². The van der Waals surface area contributed by atoms with Gasteiger partial charge in [-0.2, -0.15) is 0 Å². The molecule has 4 fully saturated rings. The SMILES string of the molecule is C=C1C(=O)[C@]23CC[C@H]4C(C)(C)CCC[C@]4(C)[C@H]2CC[C@H]1C3. The minimum absolute atomic E-state index is 0.00132. The van der Waals surface area contributed by atoms with Gasteiger partial charge < -0.3 is 0 Å². The number of carbonyl (C=O) groups excluding carboxylic acids is 1. The second-order valence-electron chi connectivity index (χ2n) is 9.48. The van der Waals surface area contributed by atoms with E-state index < -0.39 is 0 Å². The first-order valence-electron chi connectivity index (χ1n) is 9.05. The summed E-state index contributed by atoms with van der Waals surface area (Å²) in [6, 6.07) is 0. The fourth-order valence-electron chi connectivity index (χ4n) is 7.44. The molecule has 0 aliphatic heterocycles. The summed E-state index contributed by atoms with van der Waals surface area (Å²) in [7, 11) is 0. The predicted molar refractivity (Wildman–Crippen MR) is 85.9 cm³/mol. The van der Waals surface area contributed by atoms with Gasteiger partial charge in [-0.25, -0.2) is 0 Å². The van der Waals surface area contributed by atoms with Crippen LogP contribution in [0.15, 0.2) is 12.2 Å². The van der Waals surface area contributed by atoms with E-state index in [2.05, 4.69) is 27.4 Å². The molecule has 0 N–H and O–H groups in total. The number of hydrogen-bond acceptors (Lipinski definition) is 1. The summed E-state index contributed by atoms with van der Waals surface area (Å²) in [6.45, 7) is 11.7. The van der Waals surface area contributed by atoms with E-state index in [0.29, 0.717) is 28.4 Å². The quantitative estimate of drug-likeness (QED) is 0.562. The van der Waals surface area contributed by atoms with Gasteiger partial charge >= 0.3 is 0 Å². The van der Waals surface area contributed by atoms with E-state index in [4.69, 9.17) is 0 Å². The zero-order valence-electron chi connectivity index (χ0n) is 14.0. The van der Waals surface area contributed by atoms with Crippen molar-refractivity contribution in [3.05, 3.63) is 12.2 Å². The Morgan fingerprint density at radius 1 is 1.00 bits per heavy atom. The van der Waals surface area contributed by atoms with Crippen LogP contribution in [0.1, 0.15) is 72.1 Å². The summed E-state index contributed by atoms with van der Waals surface area (Å²) < 4.78 is 0. The molecule has 0 radical (unpaired) electrons. The molecule has 116 valence electrons. The molecule has 0 heterocycles. The van der Waals surface area contributed by atoms with Crippen LogP contribution in [-0.2, 0) is 4.79 Å². The van der Waals surface area contributed by atoms with Crippen molar-refractivity contribution in [2.24, 2.45) is 34.0 Å². The third-order valence-corrected chi connectivity index (χ3v) is 8.27. The molecular weight excluding hydrogens is 256 g/mol. The van der Waals surface area contributed by atoms with E-state index in [1.165, 1.54) is 38.5 Å². The smallest absolute Gasteiger partial charge is 0.165 e. The molecular formula is C20H30O. The van der Waals surface area contributed by atoms with Crippen LogP contribution in [0.5, 0.6) is 0 Å². The lowest BCUT2D eigenvalue weighted by atomic mass is 9.41. The number of carbonyl (C=O) groups is 1. The lowest BCUT2D eigenvalue weighted by Crippen LogP contribution is -2.57. The molecule has 0 aromatic carbocycles.